The van der Waals surface area contributed by atoms with E-state index in [1.54, 1.807) is 12.4 Å². The van der Waals surface area contributed by atoms with Gasteiger partial charge >= 0.3 is 12.2 Å². The molecular formula is C38H54N6O6. The van der Waals surface area contributed by atoms with Gasteiger partial charge in [0.2, 0.25) is 5.91 Å². The molecule has 0 spiro atoms. The molecule has 0 fully saturated rings. The van der Waals surface area contributed by atoms with E-state index in [-0.39, 0.29) is 23.8 Å². The highest BCUT2D eigenvalue weighted by Crippen LogP contribution is 2.23. The number of ether oxygens (including phenoxy) is 2. The molecule has 1 heterocycles. The third kappa shape index (κ3) is 12.7. The van der Waals surface area contributed by atoms with Crippen LogP contribution < -0.4 is 21.3 Å². The second-order valence-corrected chi connectivity index (χ2v) is 14.7. The second kappa shape index (κ2) is 18.4. The van der Waals surface area contributed by atoms with Crippen LogP contribution in [0.5, 0.6) is 0 Å². The Kier molecular flexibility index (Phi) is 14.7. The Morgan fingerprint density at radius 3 is 1.88 bits per heavy atom. The molecule has 12 heteroatoms. The summed E-state index contributed by atoms with van der Waals surface area (Å²) in [6, 6.07) is 15.6. The van der Waals surface area contributed by atoms with E-state index in [9.17, 15) is 19.5 Å². The second-order valence-electron chi connectivity index (χ2n) is 14.7. The highest BCUT2D eigenvalue weighted by molar-refractivity contribution is 5.86. The van der Waals surface area contributed by atoms with Crippen molar-refractivity contribution >= 4 is 18.1 Å². The number of rotatable bonds is 15. The molecule has 2 aromatic carbocycles. The van der Waals surface area contributed by atoms with Crippen molar-refractivity contribution in [1.29, 1.82) is 0 Å². The van der Waals surface area contributed by atoms with Crippen molar-refractivity contribution in [3.8, 4) is 11.1 Å². The highest BCUT2D eigenvalue weighted by Gasteiger charge is 2.35. The zero-order chi connectivity index (χ0) is 36.9. The highest BCUT2D eigenvalue weighted by atomic mass is 16.5. The number of alkyl carbamates (subject to hydrolysis) is 2. The summed E-state index contributed by atoms with van der Waals surface area (Å²) in [6.45, 7) is 12.0. The number of aliphatic hydroxyl groups excluding tert-OH is 1. The molecule has 3 rings (SSSR count). The summed E-state index contributed by atoms with van der Waals surface area (Å²) in [5, 5.41) is 24.2. The summed E-state index contributed by atoms with van der Waals surface area (Å²) in [5.41, 5.74) is 2.88. The van der Waals surface area contributed by atoms with E-state index in [1.165, 1.54) is 20.5 Å². The van der Waals surface area contributed by atoms with Gasteiger partial charge < -0.3 is 35.8 Å². The van der Waals surface area contributed by atoms with Crippen LogP contribution in [0.1, 0.15) is 59.1 Å². The fourth-order valence-electron chi connectivity index (χ4n) is 5.61. The van der Waals surface area contributed by atoms with Gasteiger partial charge in [-0.1, -0.05) is 96.1 Å². The van der Waals surface area contributed by atoms with E-state index in [0.29, 0.717) is 19.4 Å². The van der Waals surface area contributed by atoms with Gasteiger partial charge in [0.25, 0.3) is 0 Å². The minimum atomic E-state index is -0.924. The Labute approximate surface area is 296 Å². The van der Waals surface area contributed by atoms with Crippen molar-refractivity contribution in [1.82, 2.24) is 31.2 Å². The molecule has 0 aliphatic rings. The molecule has 0 unspecified atom stereocenters. The molecule has 0 aliphatic carbocycles. The first kappa shape index (κ1) is 39.9. The van der Waals surface area contributed by atoms with Gasteiger partial charge in [-0.2, -0.15) is 0 Å². The quantitative estimate of drug-likeness (QED) is 0.153. The number of nitrogens with one attached hydrogen (secondary N) is 4. The number of carbonyl (C=O) groups is 3. The standard InChI is InChI=1S/C38H54N6O6/c1-37(2,3)32(43-35(47)49-7)23-41-30(19-26-14-16-27(17-15-26)28-21-39-24-40-22-28)31(45)20-29(18-25-12-10-9-11-13-25)42-34(46)33(38(4,5)6)44-36(48)50-8/h9-17,21-22,24,29-33,41,45H,18-20,23H2,1-8H3,(H,42,46)(H,43,47)(H,44,48)/t29-,30-,31-,32+,33+/m0/s1. The Hall–Kier alpha value is -4.55. The van der Waals surface area contributed by atoms with Crippen LogP contribution in [0.25, 0.3) is 11.1 Å². The lowest BCUT2D eigenvalue weighted by atomic mass is 9.85. The minimum absolute atomic E-state index is 0.206. The third-order valence-corrected chi connectivity index (χ3v) is 8.65. The molecule has 5 N–H and O–H groups in total. The lowest BCUT2D eigenvalue weighted by Gasteiger charge is -2.35. The van der Waals surface area contributed by atoms with Crippen LogP contribution in [0, 0.1) is 10.8 Å². The van der Waals surface area contributed by atoms with E-state index in [4.69, 9.17) is 9.47 Å². The van der Waals surface area contributed by atoms with Crippen molar-refractivity contribution < 1.29 is 29.0 Å². The van der Waals surface area contributed by atoms with Crippen LogP contribution >= 0.6 is 0 Å². The van der Waals surface area contributed by atoms with E-state index in [2.05, 4.69) is 31.2 Å². The first-order valence-electron chi connectivity index (χ1n) is 16.9. The number of aromatic nitrogens is 2. The van der Waals surface area contributed by atoms with Gasteiger partial charge in [0, 0.05) is 42.6 Å². The van der Waals surface area contributed by atoms with Gasteiger partial charge in [-0.3, -0.25) is 4.79 Å². The van der Waals surface area contributed by atoms with E-state index >= 15 is 0 Å². The maximum absolute atomic E-state index is 13.8. The molecule has 0 bridgehead atoms. The fourth-order valence-corrected chi connectivity index (χ4v) is 5.61. The number of nitrogens with zero attached hydrogens (tertiary/aromatic N) is 2. The van der Waals surface area contributed by atoms with Crippen molar-refractivity contribution in [2.24, 2.45) is 10.8 Å². The summed E-state index contributed by atoms with van der Waals surface area (Å²) >= 11 is 0. The molecule has 272 valence electrons. The van der Waals surface area contributed by atoms with Gasteiger partial charge in [-0.05, 0) is 46.8 Å². The average molecular weight is 691 g/mol. The molecule has 3 amide bonds. The summed E-state index contributed by atoms with van der Waals surface area (Å²) in [4.78, 5) is 46.4. The molecule has 0 saturated heterocycles. The third-order valence-electron chi connectivity index (χ3n) is 8.65. The van der Waals surface area contributed by atoms with Crippen LogP contribution in [0.4, 0.5) is 9.59 Å². The van der Waals surface area contributed by atoms with Gasteiger partial charge in [0.1, 0.15) is 12.4 Å². The topological polar surface area (TPSA) is 164 Å². The number of benzene rings is 2. The van der Waals surface area contributed by atoms with Crippen LogP contribution in [0.3, 0.4) is 0 Å². The predicted molar refractivity (Wildman–Crippen MR) is 193 cm³/mol. The molecule has 1 aromatic heterocycles. The maximum atomic E-state index is 13.8. The van der Waals surface area contributed by atoms with Gasteiger partial charge in [-0.25, -0.2) is 19.6 Å². The van der Waals surface area contributed by atoms with E-state index < -0.39 is 41.8 Å². The maximum Gasteiger partial charge on any atom is 0.407 e. The zero-order valence-corrected chi connectivity index (χ0v) is 30.5. The first-order valence-corrected chi connectivity index (χ1v) is 16.9. The van der Waals surface area contributed by atoms with Crippen LogP contribution in [-0.4, -0.2) is 84.2 Å². The Bertz CT molecular complexity index is 1490. The number of carbonyl (C=O) groups excluding carboxylic acids is 3. The van der Waals surface area contributed by atoms with Crippen LogP contribution in [0.15, 0.2) is 73.3 Å². The summed E-state index contributed by atoms with van der Waals surface area (Å²) in [7, 11) is 2.58. The summed E-state index contributed by atoms with van der Waals surface area (Å²) < 4.78 is 9.68. The lowest BCUT2D eigenvalue weighted by Crippen LogP contribution is -2.57. The van der Waals surface area contributed by atoms with E-state index in [0.717, 1.165) is 22.3 Å². The Morgan fingerprint density at radius 2 is 1.32 bits per heavy atom. The SMILES string of the molecule is COC(=O)N[C@H](C(=O)N[C@@H](Cc1ccccc1)C[C@H](O)[C@H](Cc1ccc(-c2cncnc2)cc1)NC[C@@H](NC(=O)OC)C(C)(C)C)C(C)(C)C. The molecule has 0 saturated carbocycles. The van der Waals surface area contributed by atoms with Gasteiger partial charge in [0.15, 0.2) is 0 Å². The number of amides is 3. The zero-order valence-electron chi connectivity index (χ0n) is 30.5. The number of aliphatic hydroxyl groups is 1. The van der Waals surface area contributed by atoms with Crippen molar-refractivity contribution in [3.05, 3.63) is 84.4 Å². The smallest absolute Gasteiger partial charge is 0.407 e. The van der Waals surface area contributed by atoms with Crippen LogP contribution in [-0.2, 0) is 27.1 Å². The first-order chi connectivity index (χ1) is 23.6. The summed E-state index contributed by atoms with van der Waals surface area (Å²) in [6.07, 6.45) is 3.95. The predicted octanol–water partition coefficient (Wildman–Crippen LogP) is 4.66. The van der Waals surface area contributed by atoms with Crippen molar-refractivity contribution in [2.75, 3.05) is 20.8 Å². The summed E-state index contributed by atoms with van der Waals surface area (Å²) in [5.74, 6) is -0.379. The molecule has 5 atom stereocenters. The number of hydrogen-bond acceptors (Lipinski definition) is 9. The molecule has 0 radical (unpaired) electrons. The van der Waals surface area contributed by atoms with Crippen LogP contribution in [0.2, 0.25) is 0 Å². The molecule has 0 aliphatic heterocycles. The van der Waals surface area contributed by atoms with Gasteiger partial charge in [-0.15, -0.1) is 0 Å². The van der Waals surface area contributed by atoms with E-state index in [1.807, 2.05) is 96.1 Å². The van der Waals surface area contributed by atoms with Gasteiger partial charge in [0.05, 0.1) is 20.3 Å². The monoisotopic (exact) mass is 690 g/mol. The number of methoxy groups -OCH3 is 2. The molecule has 12 nitrogen and oxygen atoms in total. The minimum Gasteiger partial charge on any atom is -0.453 e. The average Bonchev–Trinajstić information content (AvgIpc) is 3.08. The molecule has 50 heavy (non-hydrogen) atoms. The Morgan fingerprint density at radius 1 is 0.740 bits per heavy atom. The number of hydrogen-bond donors (Lipinski definition) is 5. The normalized spacial score (nSPS) is 14.7. The Balaban J connectivity index is 1.91. The van der Waals surface area contributed by atoms with Crippen molar-refractivity contribution in [3.63, 3.8) is 0 Å². The lowest BCUT2D eigenvalue weighted by molar-refractivity contribution is -0.126. The van der Waals surface area contributed by atoms with Crippen molar-refractivity contribution in [2.45, 2.75) is 91.1 Å². The molecular weight excluding hydrogens is 636 g/mol. The molecule has 3 aromatic rings. The largest absolute Gasteiger partial charge is 0.453 e. The fraction of sp³-hybridized carbons (Fsp3) is 0.500.